The molecule has 0 aliphatic heterocycles. The first-order valence-electron chi connectivity index (χ1n) is 11.0. The van der Waals surface area contributed by atoms with Gasteiger partial charge in [-0.15, -0.1) is 40.1 Å². The van der Waals surface area contributed by atoms with E-state index in [-0.39, 0.29) is 36.1 Å². The summed E-state index contributed by atoms with van der Waals surface area (Å²) < 4.78 is 19.7. The van der Waals surface area contributed by atoms with E-state index in [2.05, 4.69) is 60.5 Å². The van der Waals surface area contributed by atoms with Crippen LogP contribution in [0, 0.1) is 0 Å². The minimum absolute atomic E-state index is 0.0499. The Morgan fingerprint density at radius 3 is 1.20 bits per heavy atom. The highest BCUT2D eigenvalue weighted by atomic mass is 16.7. The van der Waals surface area contributed by atoms with Gasteiger partial charge in [0.25, 0.3) is 0 Å². The van der Waals surface area contributed by atoms with Gasteiger partial charge in [-0.05, 0) is 44.4 Å². The second kappa shape index (κ2) is 11.5. The molecular formula is C20H18N14O6. The largest absolute Gasteiger partial charge is 0.467 e. The van der Waals surface area contributed by atoms with Gasteiger partial charge in [-0.2, -0.15) is 0 Å². The van der Waals surface area contributed by atoms with Gasteiger partial charge in [0.2, 0.25) is 11.3 Å². The molecule has 0 fully saturated rings. The molecule has 0 saturated carbocycles. The molecule has 0 radical (unpaired) electrons. The van der Waals surface area contributed by atoms with Gasteiger partial charge in [0, 0.05) is 12.4 Å². The third-order valence-corrected chi connectivity index (χ3v) is 4.58. The lowest BCUT2D eigenvalue weighted by Crippen LogP contribution is -2.11. The maximum atomic E-state index is 5.37. The number of methoxy groups -OCH3 is 4. The lowest BCUT2D eigenvalue weighted by Gasteiger charge is -2.05. The molecule has 40 heavy (non-hydrogen) atoms. The number of nitrogens with zero attached hydrogens (tertiary/aromatic N) is 14. The maximum Gasteiger partial charge on any atom is 0.355 e. The summed E-state index contributed by atoms with van der Waals surface area (Å²) >= 11 is 0. The predicted molar refractivity (Wildman–Crippen MR) is 129 cm³/mol. The lowest BCUT2D eigenvalue weighted by molar-refractivity contribution is 0.158. The average molecular weight is 550 g/mol. The molecule has 6 heterocycles. The van der Waals surface area contributed by atoms with Gasteiger partial charge in [0.05, 0.1) is 28.4 Å². The Morgan fingerprint density at radius 2 is 0.850 bits per heavy atom. The second-order valence-corrected chi connectivity index (χ2v) is 6.98. The highest BCUT2D eigenvalue weighted by Gasteiger charge is 2.14. The number of hydrogen-bond acceptors (Lipinski definition) is 18. The molecule has 0 aliphatic carbocycles. The van der Waals surface area contributed by atoms with Crippen molar-refractivity contribution in [3.05, 3.63) is 36.7 Å². The highest BCUT2D eigenvalue weighted by molar-refractivity contribution is 5.69. The van der Waals surface area contributed by atoms with Crippen LogP contribution in [0.5, 0.6) is 36.1 Å². The van der Waals surface area contributed by atoms with Crippen LogP contribution in [0.1, 0.15) is 0 Å². The number of rotatable bonds is 8. The summed E-state index contributed by atoms with van der Waals surface area (Å²) in [7, 11) is 5.69. The first-order valence-corrected chi connectivity index (χ1v) is 11.0. The van der Waals surface area contributed by atoms with E-state index in [9.17, 15) is 0 Å². The van der Waals surface area contributed by atoms with Gasteiger partial charge in [-0.3, -0.25) is 0 Å². The number of ether oxygens (including phenoxy) is 4. The fourth-order valence-electron chi connectivity index (χ4n) is 2.86. The van der Waals surface area contributed by atoms with Crippen LogP contribution in [0.15, 0.2) is 36.7 Å². The molecule has 0 atom stereocenters. The Bertz CT molecular complexity index is 1570. The molecular weight excluding hydrogens is 532 g/mol. The minimum atomic E-state index is -0.0499. The van der Waals surface area contributed by atoms with E-state index < -0.39 is 0 Å². The van der Waals surface area contributed by atoms with Crippen LogP contribution in [-0.2, 0) is 0 Å². The molecule has 20 nitrogen and oxygen atoms in total. The zero-order valence-electron chi connectivity index (χ0n) is 21.2. The van der Waals surface area contributed by atoms with Gasteiger partial charge in [-0.1, -0.05) is 0 Å². The number of pyridine rings is 2. The first kappa shape index (κ1) is 25.6. The van der Waals surface area contributed by atoms with Crippen LogP contribution in [0.3, 0.4) is 0 Å². The van der Waals surface area contributed by atoms with E-state index in [1.165, 1.54) is 28.4 Å². The van der Waals surface area contributed by atoms with Crippen LogP contribution in [0.4, 0.5) is 0 Å². The fraction of sp³-hybridized carbons (Fsp3) is 0.200. The third kappa shape index (κ3) is 5.58. The van der Waals surface area contributed by atoms with Crippen LogP contribution in [0.2, 0.25) is 0 Å². The Hall–Kier alpha value is -6.08. The Morgan fingerprint density at radius 1 is 0.500 bits per heavy atom. The standard InChI is InChI=1S/2C10H9N7O3/c2*1-18-8-12-9(19-2)14-10(13-8)20-17-7-6(15-16-17)4-3-5-11-7/h2*3-5H,1-2H3. The molecule has 0 aliphatic rings. The zero-order chi connectivity index (χ0) is 27.9. The molecule has 0 amide bonds. The number of aromatic nitrogens is 14. The first-order chi connectivity index (χ1) is 19.6. The van der Waals surface area contributed by atoms with Gasteiger partial charge >= 0.3 is 36.1 Å². The SMILES string of the molecule is COc1nc(OC)nc(On2nnc3cccnc32)n1.COc1nc(OC)nc(On2nnc3cccnc32)n1. The summed E-state index contributed by atoms with van der Waals surface area (Å²) in [6, 6.07) is 7.14. The second-order valence-electron chi connectivity index (χ2n) is 6.98. The smallest absolute Gasteiger partial charge is 0.355 e. The molecule has 6 rings (SSSR count). The summed E-state index contributed by atoms with van der Waals surface area (Å²) in [6.07, 6.45) is 3.19. The predicted octanol–water partition coefficient (Wildman–Crippen LogP) is -0.259. The number of hydrogen-bond donors (Lipinski definition) is 0. The Labute approximate surface area is 222 Å². The van der Waals surface area contributed by atoms with Crippen molar-refractivity contribution in [1.29, 1.82) is 0 Å². The monoisotopic (exact) mass is 550 g/mol. The average Bonchev–Trinajstić information content (AvgIpc) is 3.61. The van der Waals surface area contributed by atoms with Crippen molar-refractivity contribution in [2.24, 2.45) is 0 Å². The zero-order valence-corrected chi connectivity index (χ0v) is 21.2. The van der Waals surface area contributed by atoms with Crippen molar-refractivity contribution in [3.63, 3.8) is 0 Å². The maximum absolute atomic E-state index is 5.37. The molecule has 0 aromatic carbocycles. The van der Waals surface area contributed by atoms with Crippen molar-refractivity contribution in [1.82, 2.24) is 70.2 Å². The van der Waals surface area contributed by atoms with E-state index in [0.29, 0.717) is 22.3 Å². The normalized spacial score (nSPS) is 10.5. The van der Waals surface area contributed by atoms with Crippen LogP contribution >= 0.6 is 0 Å². The summed E-state index contributed by atoms with van der Waals surface area (Å²) in [5.74, 6) is 0. The Kier molecular flexibility index (Phi) is 7.37. The van der Waals surface area contributed by atoms with Crippen LogP contribution in [-0.4, -0.2) is 98.6 Å². The third-order valence-electron chi connectivity index (χ3n) is 4.58. The van der Waals surface area contributed by atoms with Crippen LogP contribution < -0.4 is 28.6 Å². The fourth-order valence-corrected chi connectivity index (χ4v) is 2.86. The minimum Gasteiger partial charge on any atom is -0.467 e. The van der Waals surface area contributed by atoms with Gasteiger partial charge in [-0.25, -0.2) is 9.97 Å². The molecule has 0 N–H and O–H groups in total. The summed E-state index contributed by atoms with van der Waals surface area (Å²) in [6.45, 7) is 0. The Balaban J connectivity index is 0.000000161. The van der Waals surface area contributed by atoms with Crippen LogP contribution in [0.25, 0.3) is 22.3 Å². The molecule has 6 aromatic rings. The van der Waals surface area contributed by atoms with Crippen molar-refractivity contribution >= 4 is 22.3 Å². The van der Waals surface area contributed by atoms with Gasteiger partial charge in [0.1, 0.15) is 11.0 Å². The molecule has 204 valence electrons. The van der Waals surface area contributed by atoms with Crippen molar-refractivity contribution < 1.29 is 28.6 Å². The van der Waals surface area contributed by atoms with E-state index in [1.54, 1.807) is 36.7 Å². The quantitative estimate of drug-likeness (QED) is 0.238. The molecule has 0 unspecified atom stereocenters. The summed E-state index contributed by atoms with van der Waals surface area (Å²) in [5, 5.41) is 15.4. The molecule has 0 spiro atoms. The van der Waals surface area contributed by atoms with Gasteiger partial charge < -0.3 is 28.6 Å². The van der Waals surface area contributed by atoms with Gasteiger partial charge in [0.15, 0.2) is 0 Å². The highest BCUT2D eigenvalue weighted by Crippen LogP contribution is 2.16. The summed E-state index contributed by atoms with van der Waals surface area (Å²) in [5.41, 5.74) is 2.04. The van der Waals surface area contributed by atoms with Crippen molar-refractivity contribution in [3.8, 4) is 36.1 Å². The van der Waals surface area contributed by atoms with E-state index >= 15 is 0 Å². The van der Waals surface area contributed by atoms with E-state index in [4.69, 9.17) is 28.6 Å². The summed E-state index contributed by atoms with van der Waals surface area (Å²) in [4.78, 5) is 44.5. The molecule has 20 heteroatoms. The molecule has 6 aromatic heterocycles. The lowest BCUT2D eigenvalue weighted by atomic mass is 10.4. The number of fused-ring (bicyclic) bond motifs is 2. The van der Waals surface area contributed by atoms with E-state index in [0.717, 1.165) is 9.69 Å². The molecule has 0 bridgehead atoms. The van der Waals surface area contributed by atoms with Crippen molar-refractivity contribution in [2.75, 3.05) is 28.4 Å². The van der Waals surface area contributed by atoms with Crippen molar-refractivity contribution in [2.45, 2.75) is 0 Å². The topological polar surface area (TPSA) is 220 Å². The van der Waals surface area contributed by atoms with E-state index in [1.807, 2.05) is 0 Å². The molecule has 0 saturated heterocycles.